The van der Waals surface area contributed by atoms with Crippen LogP contribution in [0.3, 0.4) is 0 Å². The van der Waals surface area contributed by atoms with E-state index >= 15 is 0 Å². The van der Waals surface area contributed by atoms with Gasteiger partial charge in [-0.3, -0.25) is 14.4 Å². The SMILES string of the molecule is Cc1c(C=C2C(=O)Nc3ccc(NC=O)cc32)[nH]c2c1C(=O)N(CCN1CCCC1)CC2. The Balaban J connectivity index is 1.41. The second-order valence-electron chi connectivity index (χ2n) is 8.64. The number of benzene rings is 1. The molecule has 1 fully saturated rings. The summed E-state index contributed by atoms with van der Waals surface area (Å²) < 4.78 is 0. The van der Waals surface area contributed by atoms with Crippen molar-refractivity contribution in [3.05, 3.63) is 46.3 Å². The van der Waals surface area contributed by atoms with Crippen molar-refractivity contribution in [1.82, 2.24) is 14.8 Å². The van der Waals surface area contributed by atoms with Gasteiger partial charge in [0, 0.05) is 54.4 Å². The summed E-state index contributed by atoms with van der Waals surface area (Å²) in [5, 5.41) is 5.48. The van der Waals surface area contributed by atoms with Crippen LogP contribution in [0.15, 0.2) is 18.2 Å². The molecule has 0 aliphatic carbocycles. The Morgan fingerprint density at radius 1 is 1.12 bits per heavy atom. The molecule has 5 rings (SSSR count). The Kier molecular flexibility index (Phi) is 5.30. The zero-order chi connectivity index (χ0) is 22.2. The molecule has 8 heteroatoms. The number of carbonyl (C=O) groups excluding carboxylic acids is 3. The summed E-state index contributed by atoms with van der Waals surface area (Å²) in [6.07, 6.45) is 5.69. The first-order valence-electron chi connectivity index (χ1n) is 11.2. The van der Waals surface area contributed by atoms with E-state index in [1.54, 1.807) is 24.3 Å². The Labute approximate surface area is 186 Å². The highest BCUT2D eigenvalue weighted by molar-refractivity contribution is 6.35. The third-order valence-corrected chi connectivity index (χ3v) is 6.70. The molecule has 8 nitrogen and oxygen atoms in total. The van der Waals surface area contributed by atoms with Crippen LogP contribution in [0, 0.1) is 6.92 Å². The van der Waals surface area contributed by atoms with Crippen molar-refractivity contribution < 1.29 is 14.4 Å². The number of rotatable bonds is 6. The van der Waals surface area contributed by atoms with Gasteiger partial charge >= 0.3 is 0 Å². The normalized spacial score (nSPS) is 19.3. The van der Waals surface area contributed by atoms with Crippen molar-refractivity contribution in [2.75, 3.05) is 43.4 Å². The summed E-state index contributed by atoms with van der Waals surface area (Å²) in [5.41, 5.74) is 5.87. The number of aromatic nitrogens is 1. The number of anilines is 2. The summed E-state index contributed by atoms with van der Waals surface area (Å²) in [7, 11) is 0. The molecule has 1 aromatic carbocycles. The van der Waals surface area contributed by atoms with Gasteiger partial charge in [0.05, 0.1) is 11.1 Å². The fraction of sp³-hybridized carbons (Fsp3) is 0.375. The summed E-state index contributed by atoms with van der Waals surface area (Å²) in [6.45, 7) is 6.57. The Morgan fingerprint density at radius 2 is 1.94 bits per heavy atom. The van der Waals surface area contributed by atoms with Crippen molar-refractivity contribution in [2.45, 2.75) is 26.2 Å². The van der Waals surface area contributed by atoms with E-state index in [1.165, 1.54) is 12.8 Å². The van der Waals surface area contributed by atoms with E-state index in [9.17, 15) is 14.4 Å². The Morgan fingerprint density at radius 3 is 2.72 bits per heavy atom. The summed E-state index contributed by atoms with van der Waals surface area (Å²) >= 11 is 0. The number of aromatic amines is 1. The lowest BCUT2D eigenvalue weighted by molar-refractivity contribution is -0.110. The molecule has 3 N–H and O–H groups in total. The molecule has 4 heterocycles. The van der Waals surface area contributed by atoms with Gasteiger partial charge in [-0.2, -0.15) is 0 Å². The average Bonchev–Trinajstić information content (AvgIpc) is 3.48. The molecule has 3 amide bonds. The monoisotopic (exact) mass is 433 g/mol. The summed E-state index contributed by atoms with van der Waals surface area (Å²) in [6, 6.07) is 5.29. The fourth-order valence-corrected chi connectivity index (χ4v) is 4.92. The molecule has 3 aliphatic heterocycles. The molecule has 166 valence electrons. The number of likely N-dealkylation sites (tertiary alicyclic amines) is 1. The zero-order valence-electron chi connectivity index (χ0n) is 18.2. The van der Waals surface area contributed by atoms with Crippen LogP contribution in [0.1, 0.15) is 45.7 Å². The molecule has 1 aromatic heterocycles. The molecular weight excluding hydrogens is 406 g/mol. The number of nitrogens with zero attached hydrogens (tertiary/aromatic N) is 2. The summed E-state index contributed by atoms with van der Waals surface area (Å²) in [4.78, 5) is 44.4. The second-order valence-corrected chi connectivity index (χ2v) is 8.64. The number of amides is 3. The molecule has 0 spiro atoms. The number of fused-ring (bicyclic) bond motifs is 2. The first-order chi connectivity index (χ1) is 15.5. The van der Waals surface area contributed by atoms with Gasteiger partial charge in [-0.15, -0.1) is 0 Å². The van der Waals surface area contributed by atoms with Crippen LogP contribution >= 0.6 is 0 Å². The third-order valence-electron chi connectivity index (χ3n) is 6.70. The minimum Gasteiger partial charge on any atom is -0.358 e. The van der Waals surface area contributed by atoms with E-state index < -0.39 is 0 Å². The molecule has 0 unspecified atom stereocenters. The molecule has 0 atom stereocenters. The van der Waals surface area contributed by atoms with Gasteiger partial charge in [0.15, 0.2) is 0 Å². The van der Waals surface area contributed by atoms with Gasteiger partial charge < -0.3 is 25.4 Å². The van der Waals surface area contributed by atoms with E-state index in [2.05, 4.69) is 20.5 Å². The number of hydrogen-bond acceptors (Lipinski definition) is 4. The smallest absolute Gasteiger partial charge is 0.256 e. The van der Waals surface area contributed by atoms with E-state index in [4.69, 9.17) is 0 Å². The molecule has 2 aromatic rings. The largest absolute Gasteiger partial charge is 0.358 e. The van der Waals surface area contributed by atoms with Crippen molar-refractivity contribution in [2.24, 2.45) is 0 Å². The Bertz CT molecular complexity index is 1130. The number of H-pyrrole nitrogens is 1. The van der Waals surface area contributed by atoms with Gasteiger partial charge in [-0.25, -0.2) is 0 Å². The highest BCUT2D eigenvalue weighted by Crippen LogP contribution is 2.36. The van der Waals surface area contributed by atoms with Crippen molar-refractivity contribution in [3.8, 4) is 0 Å². The topological polar surface area (TPSA) is 97.5 Å². The average molecular weight is 434 g/mol. The fourth-order valence-electron chi connectivity index (χ4n) is 4.92. The van der Waals surface area contributed by atoms with Crippen LogP contribution < -0.4 is 10.6 Å². The van der Waals surface area contributed by atoms with Crippen LogP contribution in [0.25, 0.3) is 11.6 Å². The zero-order valence-corrected chi connectivity index (χ0v) is 18.2. The van der Waals surface area contributed by atoms with Crippen LogP contribution in [0.4, 0.5) is 11.4 Å². The van der Waals surface area contributed by atoms with E-state index in [1.807, 2.05) is 11.8 Å². The standard InChI is InChI=1S/C24H27N5O3/c1-15-21(13-18-17-12-16(25-14-30)4-5-19(17)27-23(18)31)26-20-6-9-29(24(32)22(15)20)11-10-28-7-2-3-8-28/h4-5,12-14,26H,2-3,6-11H2,1H3,(H,25,30)(H,27,31). The van der Waals surface area contributed by atoms with Crippen LogP contribution in [0.5, 0.6) is 0 Å². The molecular formula is C24H27N5O3. The first kappa shape index (κ1) is 20.5. The van der Waals surface area contributed by atoms with E-state index in [0.29, 0.717) is 29.9 Å². The molecule has 0 bridgehead atoms. The molecule has 1 saturated heterocycles. The third kappa shape index (κ3) is 3.60. The van der Waals surface area contributed by atoms with Gasteiger partial charge in [-0.1, -0.05) is 0 Å². The summed E-state index contributed by atoms with van der Waals surface area (Å²) in [5.74, 6) is -0.133. The lowest BCUT2D eigenvalue weighted by atomic mass is 10.0. The number of nitrogens with one attached hydrogen (secondary N) is 3. The van der Waals surface area contributed by atoms with Gasteiger partial charge in [0.2, 0.25) is 6.41 Å². The maximum Gasteiger partial charge on any atom is 0.256 e. The van der Waals surface area contributed by atoms with Crippen LogP contribution in [-0.4, -0.2) is 65.7 Å². The Hall–Kier alpha value is -3.39. The predicted octanol–water partition coefficient (Wildman–Crippen LogP) is 2.48. The number of carbonyl (C=O) groups is 3. The highest BCUT2D eigenvalue weighted by Gasteiger charge is 2.31. The van der Waals surface area contributed by atoms with Crippen molar-refractivity contribution in [3.63, 3.8) is 0 Å². The van der Waals surface area contributed by atoms with Gasteiger partial charge in [0.1, 0.15) is 0 Å². The maximum absolute atomic E-state index is 13.2. The minimum atomic E-state index is -0.200. The highest BCUT2D eigenvalue weighted by atomic mass is 16.2. The van der Waals surface area contributed by atoms with Crippen molar-refractivity contribution in [1.29, 1.82) is 0 Å². The molecule has 3 aliphatic rings. The van der Waals surface area contributed by atoms with Crippen LogP contribution in [0.2, 0.25) is 0 Å². The van der Waals surface area contributed by atoms with Crippen LogP contribution in [-0.2, 0) is 16.0 Å². The van der Waals surface area contributed by atoms with Crippen molar-refractivity contribution >= 4 is 41.2 Å². The minimum absolute atomic E-state index is 0.0672. The molecule has 0 radical (unpaired) electrons. The lowest BCUT2D eigenvalue weighted by Crippen LogP contribution is -2.42. The van der Waals surface area contributed by atoms with Gasteiger partial charge in [-0.05, 0) is 62.7 Å². The van der Waals surface area contributed by atoms with Gasteiger partial charge in [0.25, 0.3) is 11.8 Å². The maximum atomic E-state index is 13.2. The number of hydrogen-bond donors (Lipinski definition) is 3. The van der Waals surface area contributed by atoms with E-state index in [-0.39, 0.29) is 11.8 Å². The molecule has 32 heavy (non-hydrogen) atoms. The second kappa shape index (κ2) is 8.27. The van der Waals surface area contributed by atoms with E-state index in [0.717, 1.165) is 60.7 Å². The quantitative estimate of drug-likeness (QED) is 0.482. The molecule has 0 saturated carbocycles. The first-order valence-corrected chi connectivity index (χ1v) is 11.2. The predicted molar refractivity (Wildman–Crippen MR) is 123 cm³/mol. The lowest BCUT2D eigenvalue weighted by Gasteiger charge is -2.29.